The van der Waals surface area contributed by atoms with Crippen molar-refractivity contribution < 1.29 is 14.6 Å². The van der Waals surface area contributed by atoms with Crippen molar-refractivity contribution in [3.05, 3.63) is 48.2 Å². The maximum absolute atomic E-state index is 10.6. The van der Waals surface area contributed by atoms with Gasteiger partial charge in [0.05, 0.1) is 34.9 Å². The molecule has 0 fully saturated rings. The zero-order valence-corrected chi connectivity index (χ0v) is 18.9. The number of benzene rings is 1. The number of nitrogens with zero attached hydrogens (tertiary/aromatic N) is 4. The molecule has 4 rings (SSSR count). The van der Waals surface area contributed by atoms with Gasteiger partial charge in [-0.05, 0) is 43.5 Å². The van der Waals surface area contributed by atoms with Crippen LogP contribution in [0.4, 0.5) is 11.6 Å². The molecule has 10 heteroatoms. The number of unbranched alkanes of at least 4 members (excludes halogenated alkanes) is 1. The highest BCUT2D eigenvalue weighted by atomic mass is 32.1. The Morgan fingerprint density at radius 3 is 2.82 bits per heavy atom. The number of aliphatic carboxylic acids is 1. The Bertz CT molecular complexity index is 1200. The summed E-state index contributed by atoms with van der Waals surface area (Å²) in [5.74, 6) is 0.501. The molecule has 3 heterocycles. The summed E-state index contributed by atoms with van der Waals surface area (Å²) in [6, 6.07) is 7.85. The molecule has 0 saturated carbocycles. The van der Waals surface area contributed by atoms with E-state index in [4.69, 9.17) is 20.6 Å². The molecular weight excluding hydrogens is 440 g/mol. The number of thiophene rings is 1. The molecule has 0 amide bonds. The van der Waals surface area contributed by atoms with Crippen LogP contribution in [0.2, 0.25) is 0 Å². The van der Waals surface area contributed by atoms with Crippen LogP contribution in [0.5, 0.6) is 5.75 Å². The molecule has 4 aromatic rings. The third kappa shape index (κ3) is 6.05. The first kappa shape index (κ1) is 22.7. The summed E-state index contributed by atoms with van der Waals surface area (Å²) in [6.45, 7) is 1.90. The molecule has 0 aliphatic heterocycles. The Balaban J connectivity index is 1.42. The van der Waals surface area contributed by atoms with Crippen LogP contribution in [0.15, 0.2) is 48.2 Å². The molecule has 1 aromatic carbocycles. The molecule has 33 heavy (non-hydrogen) atoms. The van der Waals surface area contributed by atoms with Gasteiger partial charge in [0.2, 0.25) is 5.95 Å². The van der Waals surface area contributed by atoms with Crippen LogP contribution >= 0.6 is 11.3 Å². The summed E-state index contributed by atoms with van der Waals surface area (Å²) in [7, 11) is 0. The first-order chi connectivity index (χ1) is 16.1. The quantitative estimate of drug-likeness (QED) is 0.264. The van der Waals surface area contributed by atoms with Crippen LogP contribution in [-0.2, 0) is 11.3 Å². The van der Waals surface area contributed by atoms with E-state index in [1.807, 2.05) is 41.3 Å². The number of hydrogen-bond acceptors (Lipinski definition) is 8. The number of anilines is 2. The van der Waals surface area contributed by atoms with Gasteiger partial charge in [-0.1, -0.05) is 12.1 Å². The number of ether oxygens (including phenoxy) is 1. The maximum Gasteiger partial charge on any atom is 0.303 e. The van der Waals surface area contributed by atoms with E-state index in [2.05, 4.69) is 20.8 Å². The third-order valence-corrected chi connectivity index (χ3v) is 5.92. The van der Waals surface area contributed by atoms with Gasteiger partial charge >= 0.3 is 5.97 Å². The van der Waals surface area contributed by atoms with Gasteiger partial charge in [-0.2, -0.15) is 5.10 Å². The summed E-state index contributed by atoms with van der Waals surface area (Å²) in [6.07, 6.45) is 7.85. The molecule has 172 valence electrons. The fourth-order valence-corrected chi connectivity index (χ4v) is 4.20. The Kier molecular flexibility index (Phi) is 7.48. The van der Waals surface area contributed by atoms with Gasteiger partial charge in [-0.15, -0.1) is 11.3 Å². The number of nitrogens with one attached hydrogen (secondary N) is 1. The van der Waals surface area contributed by atoms with E-state index in [1.165, 1.54) is 0 Å². The van der Waals surface area contributed by atoms with E-state index >= 15 is 0 Å². The van der Waals surface area contributed by atoms with E-state index in [-0.39, 0.29) is 6.42 Å². The lowest BCUT2D eigenvalue weighted by atomic mass is 10.1. The number of hydrogen-bond donors (Lipinski definition) is 3. The average molecular weight is 467 g/mol. The maximum atomic E-state index is 10.6. The predicted octanol–water partition coefficient (Wildman–Crippen LogP) is 4.28. The number of aromatic nitrogens is 4. The van der Waals surface area contributed by atoms with Gasteiger partial charge in [-0.3, -0.25) is 9.48 Å². The van der Waals surface area contributed by atoms with Crippen molar-refractivity contribution >= 4 is 39.2 Å². The van der Waals surface area contributed by atoms with Gasteiger partial charge in [-0.25, -0.2) is 9.97 Å². The average Bonchev–Trinajstić information content (AvgIpc) is 3.44. The first-order valence-electron chi connectivity index (χ1n) is 10.8. The van der Waals surface area contributed by atoms with Crippen molar-refractivity contribution in [1.82, 2.24) is 19.7 Å². The van der Waals surface area contributed by atoms with Crippen LogP contribution in [-0.4, -0.2) is 44.0 Å². The summed E-state index contributed by atoms with van der Waals surface area (Å²) in [5.41, 5.74) is 9.35. The Morgan fingerprint density at radius 2 is 2.03 bits per heavy atom. The Morgan fingerprint density at radius 1 is 1.18 bits per heavy atom. The second-order valence-electron chi connectivity index (χ2n) is 7.54. The zero-order valence-electron chi connectivity index (χ0n) is 18.1. The van der Waals surface area contributed by atoms with Crippen LogP contribution in [0, 0.1) is 0 Å². The van der Waals surface area contributed by atoms with Gasteiger partial charge < -0.3 is 20.9 Å². The predicted molar refractivity (Wildman–Crippen MR) is 129 cm³/mol. The van der Waals surface area contributed by atoms with Crippen molar-refractivity contribution in [3.63, 3.8) is 0 Å². The molecule has 0 aliphatic carbocycles. The molecular formula is C23H26N6O3S. The van der Waals surface area contributed by atoms with Crippen molar-refractivity contribution in [2.75, 3.05) is 18.5 Å². The van der Waals surface area contributed by atoms with Gasteiger partial charge in [0.1, 0.15) is 5.75 Å². The molecule has 0 bridgehead atoms. The first-order valence-corrected chi connectivity index (χ1v) is 11.7. The van der Waals surface area contributed by atoms with E-state index in [0.29, 0.717) is 31.9 Å². The molecule has 0 spiro atoms. The number of nitrogens with two attached hydrogens (primary N) is 1. The highest BCUT2D eigenvalue weighted by Gasteiger charge is 2.11. The number of carboxylic acids is 1. The van der Waals surface area contributed by atoms with Crippen molar-refractivity contribution in [3.8, 4) is 16.9 Å². The summed E-state index contributed by atoms with van der Waals surface area (Å²) in [5, 5.41) is 18.3. The lowest BCUT2D eigenvalue weighted by molar-refractivity contribution is -0.137. The molecule has 0 saturated heterocycles. The lowest BCUT2D eigenvalue weighted by Crippen LogP contribution is -2.05. The van der Waals surface area contributed by atoms with Gasteiger partial charge in [0.25, 0.3) is 0 Å². The van der Waals surface area contributed by atoms with Crippen LogP contribution < -0.4 is 15.8 Å². The third-order valence-electron chi connectivity index (χ3n) is 5.01. The fourth-order valence-electron chi connectivity index (χ4n) is 3.33. The van der Waals surface area contributed by atoms with Crippen LogP contribution in [0.25, 0.3) is 21.3 Å². The monoisotopic (exact) mass is 466 g/mol. The second-order valence-corrected chi connectivity index (χ2v) is 8.45. The minimum atomic E-state index is -0.776. The topological polar surface area (TPSA) is 128 Å². The fraction of sp³-hybridized carbons (Fsp3) is 0.304. The molecule has 0 aliphatic rings. The van der Waals surface area contributed by atoms with Crippen molar-refractivity contribution in [2.45, 2.75) is 32.2 Å². The van der Waals surface area contributed by atoms with Crippen LogP contribution in [0.3, 0.4) is 0 Å². The zero-order chi connectivity index (χ0) is 23.0. The van der Waals surface area contributed by atoms with E-state index in [9.17, 15) is 4.79 Å². The minimum Gasteiger partial charge on any atom is -0.494 e. The van der Waals surface area contributed by atoms with E-state index < -0.39 is 5.97 Å². The molecule has 0 atom stereocenters. The van der Waals surface area contributed by atoms with Crippen molar-refractivity contribution in [1.29, 1.82) is 0 Å². The second kappa shape index (κ2) is 10.9. The smallest absolute Gasteiger partial charge is 0.303 e. The molecule has 0 radical (unpaired) electrons. The highest BCUT2D eigenvalue weighted by molar-refractivity contribution is 7.17. The summed E-state index contributed by atoms with van der Waals surface area (Å²) >= 11 is 1.60. The Labute approximate surface area is 195 Å². The standard InChI is InChI=1S/C23H26N6O3S/c24-9-3-10-29-14-17(12-26-29)27-23-25-13-20-22(28-23)19(15-33-20)16-5-7-18(8-6-16)32-11-2-1-4-21(30)31/h5-8,12-15H,1-4,9-11,24H2,(H,30,31)(H,25,27,28). The number of rotatable bonds is 12. The highest BCUT2D eigenvalue weighted by Crippen LogP contribution is 2.34. The number of fused-ring (bicyclic) bond motifs is 1. The molecule has 9 nitrogen and oxygen atoms in total. The van der Waals surface area contributed by atoms with E-state index in [1.54, 1.807) is 17.5 Å². The van der Waals surface area contributed by atoms with Gasteiger partial charge in [0.15, 0.2) is 0 Å². The number of aryl methyl sites for hydroxylation is 1. The van der Waals surface area contributed by atoms with E-state index in [0.717, 1.165) is 45.7 Å². The normalized spacial score (nSPS) is 11.1. The van der Waals surface area contributed by atoms with Gasteiger partial charge in [0, 0.05) is 30.1 Å². The Hall–Kier alpha value is -3.50. The molecule has 0 unspecified atom stereocenters. The minimum absolute atomic E-state index is 0.170. The summed E-state index contributed by atoms with van der Waals surface area (Å²) < 4.78 is 8.57. The van der Waals surface area contributed by atoms with Crippen molar-refractivity contribution in [2.24, 2.45) is 5.73 Å². The number of carboxylic acid groups (broad SMARTS) is 1. The molecule has 3 aromatic heterocycles. The number of carbonyl (C=O) groups is 1. The largest absolute Gasteiger partial charge is 0.494 e. The SMILES string of the molecule is NCCCn1cc(Nc2ncc3scc(-c4ccc(OCCCCC(=O)O)cc4)c3n2)cn1. The summed E-state index contributed by atoms with van der Waals surface area (Å²) in [4.78, 5) is 19.7. The molecule has 4 N–H and O–H groups in total. The van der Waals surface area contributed by atoms with Crippen LogP contribution in [0.1, 0.15) is 25.7 Å². The lowest BCUT2D eigenvalue weighted by Gasteiger charge is -2.07.